The van der Waals surface area contributed by atoms with Gasteiger partial charge in [0.15, 0.2) is 0 Å². The first-order chi connectivity index (χ1) is 11.7. The molecule has 0 aromatic rings. The molecule has 152 valence electrons. The van der Waals surface area contributed by atoms with Crippen LogP contribution in [0.15, 0.2) is 0 Å². The number of hydrogen-bond acceptors (Lipinski definition) is 0. The average Bonchev–Trinajstić information content (AvgIpc) is 2.50. The third-order valence-electron chi connectivity index (χ3n) is 8.36. The second-order valence-corrected chi connectivity index (χ2v) is 11.4. The summed E-state index contributed by atoms with van der Waals surface area (Å²) in [4.78, 5) is 0. The number of rotatable bonds is 11. The highest BCUT2D eigenvalue weighted by atomic mass is 14.3. The van der Waals surface area contributed by atoms with E-state index in [2.05, 4.69) is 96.9 Å². The maximum atomic E-state index is 2.66. The van der Waals surface area contributed by atoms with Gasteiger partial charge in [-0.05, 0) is 5.92 Å². The molecule has 0 bridgehead atoms. The van der Waals surface area contributed by atoms with Gasteiger partial charge in [-0.15, -0.1) is 0 Å². The number of hydrogen-bond donors (Lipinski definition) is 0. The van der Waals surface area contributed by atoms with Gasteiger partial charge in [-0.3, -0.25) is 0 Å². The molecule has 0 aliphatic heterocycles. The summed E-state index contributed by atoms with van der Waals surface area (Å²) < 4.78 is 0. The van der Waals surface area contributed by atoms with Crippen molar-refractivity contribution in [3.05, 3.63) is 0 Å². The van der Waals surface area contributed by atoms with Gasteiger partial charge in [0.1, 0.15) is 19.9 Å². The van der Waals surface area contributed by atoms with E-state index in [1.807, 2.05) is 0 Å². The molecule has 0 spiro atoms. The lowest BCUT2D eigenvalue weighted by Gasteiger charge is -2.55. The molecule has 0 nitrogen and oxygen atoms in total. The van der Waals surface area contributed by atoms with Gasteiger partial charge in [-0.1, -0.05) is 144 Å². The Morgan fingerprint density at radius 3 is 1.23 bits per heavy atom. The molecule has 0 heterocycles. The third-order valence-corrected chi connectivity index (χ3v) is 8.36. The van der Waals surface area contributed by atoms with Gasteiger partial charge in [0.25, 0.3) is 0 Å². The third kappa shape index (κ3) is 5.17. The summed E-state index contributed by atoms with van der Waals surface area (Å²) in [6.45, 7) is 37.2. The monoisotopic (exact) mass is 360 g/mol. The lowest BCUT2D eigenvalue weighted by Crippen LogP contribution is -2.59. The van der Waals surface area contributed by atoms with Crippen molar-refractivity contribution in [1.82, 2.24) is 0 Å². The van der Waals surface area contributed by atoms with E-state index in [0.717, 1.165) is 43.3 Å². The van der Waals surface area contributed by atoms with Crippen LogP contribution >= 0.6 is 0 Å². The van der Waals surface area contributed by atoms with Gasteiger partial charge >= 0.3 is 0 Å². The molecule has 26 heavy (non-hydrogen) atoms. The van der Waals surface area contributed by atoms with E-state index < -0.39 is 0 Å². The zero-order valence-corrected chi connectivity index (χ0v) is 21.0. The van der Waals surface area contributed by atoms with Gasteiger partial charge in [-0.2, -0.15) is 0 Å². The predicted molar refractivity (Wildman–Crippen MR) is 130 cm³/mol. The Bertz CT molecular complexity index is 394. The highest BCUT2D eigenvalue weighted by molar-refractivity contribution is 7.28. The van der Waals surface area contributed by atoms with Crippen LogP contribution in [0.4, 0.5) is 0 Å². The summed E-state index contributed by atoms with van der Waals surface area (Å²) in [6.07, 6.45) is 2.57. The molecule has 0 N–H and O–H groups in total. The molecule has 0 saturated heterocycles. The minimum atomic E-state index is 0.372. The van der Waals surface area contributed by atoms with E-state index in [1.165, 1.54) is 12.8 Å². The molecule has 0 aromatic heterocycles. The Hall–Kier alpha value is 0.195. The second kappa shape index (κ2) is 10.1. The SMILES string of the molecule is CCC(C)(B(B(C(C)C)C(C)C)C(C)C)B(C(C)C)C(C)(CC)C(C)C. The van der Waals surface area contributed by atoms with Crippen LogP contribution in [0.1, 0.15) is 110 Å². The fourth-order valence-corrected chi connectivity index (χ4v) is 7.17. The molecular formula is C23H51B3. The van der Waals surface area contributed by atoms with Crippen LogP contribution in [0.25, 0.3) is 0 Å². The predicted octanol–water partition coefficient (Wildman–Crippen LogP) is 8.73. The highest BCUT2D eigenvalue weighted by Crippen LogP contribution is 2.59. The van der Waals surface area contributed by atoms with E-state index in [-0.39, 0.29) is 0 Å². The van der Waals surface area contributed by atoms with Crippen molar-refractivity contribution in [3.8, 4) is 0 Å². The first-order valence-corrected chi connectivity index (χ1v) is 11.7. The Kier molecular flexibility index (Phi) is 10.2. The minimum absolute atomic E-state index is 0.372. The zero-order chi connectivity index (χ0) is 21.0. The molecule has 0 aliphatic carbocycles. The largest absolute Gasteiger partial charge is 0.147 e. The topological polar surface area (TPSA) is 0 Å². The average molecular weight is 360 g/mol. The molecular weight excluding hydrogens is 309 g/mol. The Balaban J connectivity index is 6.59. The second-order valence-electron chi connectivity index (χ2n) is 11.4. The highest BCUT2D eigenvalue weighted by Gasteiger charge is 2.57. The van der Waals surface area contributed by atoms with Gasteiger partial charge in [0, 0.05) is 0 Å². The van der Waals surface area contributed by atoms with Crippen molar-refractivity contribution in [2.75, 3.05) is 0 Å². The van der Waals surface area contributed by atoms with Crippen LogP contribution < -0.4 is 0 Å². The molecule has 0 aliphatic rings. The maximum absolute atomic E-state index is 2.66. The van der Waals surface area contributed by atoms with Gasteiger partial charge < -0.3 is 0 Å². The Morgan fingerprint density at radius 2 is 1.04 bits per heavy atom. The lowest BCUT2D eigenvalue weighted by molar-refractivity contribution is 0.401. The van der Waals surface area contributed by atoms with E-state index >= 15 is 0 Å². The van der Waals surface area contributed by atoms with Crippen molar-refractivity contribution >= 4 is 19.9 Å². The molecule has 0 saturated carbocycles. The van der Waals surface area contributed by atoms with Gasteiger partial charge in [0.05, 0.1) is 0 Å². The van der Waals surface area contributed by atoms with Crippen LogP contribution in [-0.4, -0.2) is 19.9 Å². The van der Waals surface area contributed by atoms with Crippen LogP contribution in [0.2, 0.25) is 33.8 Å². The first-order valence-electron chi connectivity index (χ1n) is 11.7. The fourth-order valence-electron chi connectivity index (χ4n) is 7.17. The van der Waals surface area contributed by atoms with Crippen molar-refractivity contribution < 1.29 is 0 Å². The van der Waals surface area contributed by atoms with E-state index in [4.69, 9.17) is 0 Å². The molecule has 0 fully saturated rings. The smallest absolute Gasteiger partial charge is 0.0791 e. The van der Waals surface area contributed by atoms with Gasteiger partial charge in [-0.25, -0.2) is 0 Å². The lowest BCUT2D eigenvalue weighted by atomic mass is 8.87. The zero-order valence-electron chi connectivity index (χ0n) is 21.0. The van der Waals surface area contributed by atoms with E-state index in [1.54, 1.807) is 0 Å². The van der Waals surface area contributed by atoms with Crippen molar-refractivity contribution in [2.24, 2.45) is 5.92 Å². The standard InChI is InChI=1S/C23H51B3/c1-15-22(13,17(3)4)25(20(9)10)23(14,16-2)26(21(11)12)24(18(5)6)19(7)8/h17-21H,15-16H2,1-14H3. The summed E-state index contributed by atoms with van der Waals surface area (Å²) in [5.41, 5.74) is 0. The Morgan fingerprint density at radius 1 is 0.615 bits per heavy atom. The van der Waals surface area contributed by atoms with E-state index in [0.29, 0.717) is 16.3 Å². The molecule has 0 aromatic carbocycles. The minimum Gasteiger partial charge on any atom is -0.0791 e. The summed E-state index contributed by atoms with van der Waals surface area (Å²) in [5, 5.41) is 0.765. The van der Waals surface area contributed by atoms with Crippen LogP contribution in [0, 0.1) is 5.92 Å². The summed E-state index contributed by atoms with van der Waals surface area (Å²) >= 11 is 0. The van der Waals surface area contributed by atoms with Crippen molar-refractivity contribution in [3.63, 3.8) is 0 Å². The molecule has 0 rings (SSSR count). The van der Waals surface area contributed by atoms with Crippen LogP contribution in [0.3, 0.4) is 0 Å². The molecule has 2 unspecified atom stereocenters. The molecule has 0 amide bonds. The van der Waals surface area contributed by atoms with Crippen LogP contribution in [-0.2, 0) is 0 Å². The first kappa shape index (κ1) is 26.2. The van der Waals surface area contributed by atoms with Crippen molar-refractivity contribution in [1.29, 1.82) is 0 Å². The summed E-state index contributed by atoms with van der Waals surface area (Å²) in [5.74, 6) is 3.65. The summed E-state index contributed by atoms with van der Waals surface area (Å²) in [7, 11) is 0. The maximum Gasteiger partial charge on any atom is 0.147 e. The van der Waals surface area contributed by atoms with E-state index in [9.17, 15) is 0 Å². The van der Waals surface area contributed by atoms with Gasteiger partial charge in [0.2, 0.25) is 0 Å². The molecule has 3 heteroatoms. The molecule has 0 radical (unpaired) electrons. The quantitative estimate of drug-likeness (QED) is 0.323. The normalized spacial score (nSPS) is 17.2. The summed E-state index contributed by atoms with van der Waals surface area (Å²) in [6, 6.07) is 0. The molecule has 2 atom stereocenters. The fraction of sp³-hybridized carbons (Fsp3) is 1.00. The van der Waals surface area contributed by atoms with Crippen molar-refractivity contribution in [2.45, 2.75) is 144 Å². The Labute approximate surface area is 169 Å². The van der Waals surface area contributed by atoms with Crippen LogP contribution in [0.5, 0.6) is 0 Å².